The largest absolute Gasteiger partial charge is 0.497 e. The van der Waals surface area contributed by atoms with Gasteiger partial charge in [0.1, 0.15) is 5.75 Å². The number of nitrogens with one attached hydrogen (secondary N) is 2. The number of hydrogen-bond donors (Lipinski definition) is 2. The molecule has 0 aliphatic rings. The van der Waals surface area contributed by atoms with Crippen LogP contribution in [0.4, 0.5) is 5.69 Å². The number of methoxy groups -OCH3 is 1. The predicted octanol–water partition coefficient (Wildman–Crippen LogP) is 3.68. The quantitative estimate of drug-likeness (QED) is 0.450. The minimum absolute atomic E-state index is 0.233. The summed E-state index contributed by atoms with van der Waals surface area (Å²) in [5.41, 5.74) is 0.550. The van der Waals surface area contributed by atoms with Gasteiger partial charge in [-0.1, -0.05) is 23.2 Å². The van der Waals surface area contributed by atoms with Crippen molar-refractivity contribution < 1.29 is 18.7 Å². The molecule has 2 aromatic carbocycles. The second-order valence-corrected chi connectivity index (χ2v) is 7.93. The van der Waals surface area contributed by atoms with Crippen LogP contribution in [0, 0.1) is 0 Å². The second kappa shape index (κ2) is 8.72. The Labute approximate surface area is 174 Å². The van der Waals surface area contributed by atoms with Crippen LogP contribution in [-0.4, -0.2) is 23.5 Å². The number of halogens is 2. The number of H-pyrrole nitrogens is 1. The summed E-state index contributed by atoms with van der Waals surface area (Å²) >= 11 is 13.0. The van der Waals surface area contributed by atoms with Crippen LogP contribution in [0.3, 0.4) is 0 Å². The monoisotopic (exact) mass is 440 g/mol. The van der Waals surface area contributed by atoms with Crippen molar-refractivity contribution in [1.29, 1.82) is 0 Å². The van der Waals surface area contributed by atoms with Gasteiger partial charge in [-0.15, -0.1) is 0 Å². The molecule has 0 aliphatic heterocycles. The molecule has 146 valence electrons. The molecule has 2 N–H and O–H groups in total. The lowest BCUT2D eigenvalue weighted by Crippen LogP contribution is -2.37. The Morgan fingerprint density at radius 1 is 1.21 bits per heavy atom. The third kappa shape index (κ3) is 4.70. The number of aromatic amines is 1. The zero-order valence-electron chi connectivity index (χ0n) is 14.9. The molecule has 1 amide bonds. The number of amides is 1. The zero-order valence-corrected chi connectivity index (χ0v) is 17.2. The molecule has 3 aromatic rings. The third-order valence-electron chi connectivity index (χ3n) is 3.73. The summed E-state index contributed by atoms with van der Waals surface area (Å²) in [4.78, 5) is 24.6. The lowest BCUT2D eigenvalue weighted by molar-refractivity contribution is -0.704. The maximum atomic E-state index is 12.5. The molecule has 7 nitrogen and oxygen atoms in total. The van der Waals surface area contributed by atoms with E-state index in [0.29, 0.717) is 27.2 Å². The van der Waals surface area contributed by atoms with E-state index in [-0.39, 0.29) is 10.9 Å². The fourth-order valence-electron chi connectivity index (χ4n) is 2.36. The highest BCUT2D eigenvalue weighted by atomic mass is 35.5. The number of aromatic nitrogens is 2. The van der Waals surface area contributed by atoms with E-state index in [4.69, 9.17) is 32.5 Å². The highest BCUT2D eigenvalue weighted by Gasteiger charge is 2.29. The Morgan fingerprint density at radius 3 is 2.46 bits per heavy atom. The number of rotatable bonds is 6. The number of benzene rings is 2. The van der Waals surface area contributed by atoms with Gasteiger partial charge in [0.2, 0.25) is 11.6 Å². The Balaban J connectivity index is 1.78. The van der Waals surface area contributed by atoms with Gasteiger partial charge in [0, 0.05) is 27.9 Å². The summed E-state index contributed by atoms with van der Waals surface area (Å²) in [5, 5.41) is 5.72. The van der Waals surface area contributed by atoms with Crippen molar-refractivity contribution in [2.75, 3.05) is 12.4 Å². The van der Waals surface area contributed by atoms with E-state index < -0.39 is 10.9 Å². The number of thioether (sulfide) groups is 1. The molecule has 10 heteroatoms. The molecule has 1 unspecified atom stereocenters. The van der Waals surface area contributed by atoms with Crippen LogP contribution in [0.2, 0.25) is 10.0 Å². The zero-order chi connectivity index (χ0) is 20.3. The Hall–Kier alpha value is -2.42. The van der Waals surface area contributed by atoms with E-state index in [9.17, 15) is 9.59 Å². The van der Waals surface area contributed by atoms with E-state index >= 15 is 0 Å². The van der Waals surface area contributed by atoms with Crippen molar-refractivity contribution >= 4 is 46.6 Å². The number of nitrogens with zero attached hydrogens (tertiary/aromatic N) is 1. The molecule has 3 rings (SSSR count). The van der Waals surface area contributed by atoms with Crippen molar-refractivity contribution in [2.24, 2.45) is 0 Å². The molecule has 0 bridgehead atoms. The van der Waals surface area contributed by atoms with Crippen LogP contribution < -0.4 is 20.4 Å². The molecular weight excluding hydrogens is 425 g/mol. The maximum absolute atomic E-state index is 12.5. The molecule has 28 heavy (non-hydrogen) atoms. The number of hydrogen-bond acceptors (Lipinski definition) is 5. The lowest BCUT2D eigenvalue weighted by atomic mass is 10.3. The summed E-state index contributed by atoms with van der Waals surface area (Å²) in [6, 6.07) is 11.8. The SMILES string of the molecule is COc1ccc(-[n+]2[nH]oc(=O)c2SC(C)C(=O)Nc2cc(Cl)cc(Cl)c2)cc1. The average molecular weight is 441 g/mol. The number of carbonyl (C=O) groups is 1. The number of anilines is 1. The molecule has 0 spiro atoms. The molecule has 0 radical (unpaired) electrons. The first-order chi connectivity index (χ1) is 13.4. The number of ether oxygens (including phenoxy) is 1. The first kappa shape index (κ1) is 20.3. The van der Waals surface area contributed by atoms with Gasteiger partial charge in [-0.25, -0.2) is 4.79 Å². The molecule has 1 atom stereocenters. The highest BCUT2D eigenvalue weighted by Crippen LogP contribution is 2.24. The fraction of sp³-hybridized carbons (Fsp3) is 0.167. The summed E-state index contributed by atoms with van der Waals surface area (Å²) in [6.45, 7) is 1.68. The van der Waals surface area contributed by atoms with E-state index in [0.717, 1.165) is 11.8 Å². The van der Waals surface area contributed by atoms with Gasteiger partial charge in [0.15, 0.2) is 0 Å². The Morgan fingerprint density at radius 2 is 1.86 bits per heavy atom. The minimum atomic E-state index is -0.596. The topological polar surface area (TPSA) is 88.2 Å². The first-order valence-corrected chi connectivity index (χ1v) is 9.72. The van der Waals surface area contributed by atoms with Crippen LogP contribution in [0.25, 0.3) is 5.69 Å². The summed E-state index contributed by atoms with van der Waals surface area (Å²) < 4.78 is 11.5. The standard InChI is InChI=1S/C18H15Cl2N3O4S/c1-10(16(24)21-13-8-11(19)7-12(20)9-13)28-17-18(25)27-22-23(17)14-3-5-15(26-2)6-4-14/h3-10H,1-2H3,(H-,21,22,24,25)/p+1. The first-order valence-electron chi connectivity index (χ1n) is 8.09. The predicted molar refractivity (Wildman–Crippen MR) is 108 cm³/mol. The number of carbonyl (C=O) groups excluding carboxylic acids is 1. The van der Waals surface area contributed by atoms with Gasteiger partial charge in [0.25, 0.3) is 0 Å². The average Bonchev–Trinajstić information content (AvgIpc) is 3.01. The molecule has 0 aliphatic carbocycles. The molecule has 1 aromatic heterocycles. The van der Waals surface area contributed by atoms with Gasteiger partial charge in [-0.3, -0.25) is 9.32 Å². The normalized spacial score (nSPS) is 11.9. The van der Waals surface area contributed by atoms with Crippen molar-refractivity contribution in [1.82, 2.24) is 5.27 Å². The van der Waals surface area contributed by atoms with Crippen molar-refractivity contribution in [3.8, 4) is 11.4 Å². The van der Waals surface area contributed by atoms with E-state index in [1.165, 1.54) is 4.68 Å². The second-order valence-electron chi connectivity index (χ2n) is 5.73. The molecular formula is C18H16Cl2N3O4S+. The molecule has 1 heterocycles. The van der Waals surface area contributed by atoms with Gasteiger partial charge in [0.05, 0.1) is 12.4 Å². The summed E-state index contributed by atoms with van der Waals surface area (Å²) in [7, 11) is 1.57. The Kier molecular flexibility index (Phi) is 6.33. The Bertz CT molecular complexity index is 1030. The fourth-order valence-corrected chi connectivity index (χ4v) is 3.77. The van der Waals surface area contributed by atoms with Crippen LogP contribution in [-0.2, 0) is 4.79 Å². The van der Waals surface area contributed by atoms with E-state index in [1.807, 2.05) is 0 Å². The molecule has 0 fully saturated rings. The minimum Gasteiger partial charge on any atom is -0.497 e. The van der Waals surface area contributed by atoms with Crippen LogP contribution >= 0.6 is 35.0 Å². The molecule has 0 saturated carbocycles. The van der Waals surface area contributed by atoms with E-state index in [1.54, 1.807) is 56.5 Å². The third-order valence-corrected chi connectivity index (χ3v) is 5.30. The van der Waals surface area contributed by atoms with Gasteiger partial charge in [-0.2, -0.15) is 0 Å². The van der Waals surface area contributed by atoms with Gasteiger partial charge in [-0.05, 0) is 59.0 Å². The van der Waals surface area contributed by atoms with Gasteiger partial charge < -0.3 is 10.1 Å². The smallest absolute Gasteiger partial charge is 0.442 e. The van der Waals surface area contributed by atoms with Crippen LogP contribution in [0.1, 0.15) is 6.92 Å². The maximum Gasteiger partial charge on any atom is 0.442 e. The van der Waals surface area contributed by atoms with Gasteiger partial charge >= 0.3 is 10.7 Å². The van der Waals surface area contributed by atoms with Crippen molar-refractivity contribution in [3.63, 3.8) is 0 Å². The lowest BCUT2D eigenvalue weighted by Gasteiger charge is -2.10. The summed E-state index contributed by atoms with van der Waals surface area (Å²) in [6.07, 6.45) is 0. The van der Waals surface area contributed by atoms with E-state index in [2.05, 4.69) is 10.6 Å². The van der Waals surface area contributed by atoms with Crippen LogP contribution in [0.15, 0.2) is 56.8 Å². The highest BCUT2D eigenvalue weighted by molar-refractivity contribution is 8.00. The molecule has 0 saturated heterocycles. The van der Waals surface area contributed by atoms with Crippen molar-refractivity contribution in [2.45, 2.75) is 17.2 Å². The van der Waals surface area contributed by atoms with Crippen LogP contribution in [0.5, 0.6) is 5.75 Å². The van der Waals surface area contributed by atoms with Crippen molar-refractivity contribution in [3.05, 3.63) is 62.9 Å². The summed E-state index contributed by atoms with van der Waals surface area (Å²) in [5.74, 6) is 0.363.